The number of hydrogen-bond acceptors (Lipinski definition) is 6. The smallest absolute Gasteiger partial charge is 0.420 e. The van der Waals surface area contributed by atoms with Crippen molar-refractivity contribution in [1.82, 2.24) is 19.3 Å². The molecule has 0 spiro atoms. The highest BCUT2D eigenvalue weighted by molar-refractivity contribution is 5.89. The summed E-state index contributed by atoms with van der Waals surface area (Å²) in [5, 5.41) is 4.02. The Hall–Kier alpha value is -3.23. The maximum atomic E-state index is 14.5. The van der Waals surface area contributed by atoms with Gasteiger partial charge in [0, 0.05) is 12.3 Å². The first kappa shape index (κ1) is 22.5. The van der Waals surface area contributed by atoms with Crippen molar-refractivity contribution in [2.75, 3.05) is 5.73 Å². The predicted octanol–water partition coefficient (Wildman–Crippen LogP) is 3.73. The van der Waals surface area contributed by atoms with E-state index in [0.717, 1.165) is 4.68 Å². The fourth-order valence-corrected chi connectivity index (χ4v) is 3.29. The van der Waals surface area contributed by atoms with Gasteiger partial charge in [0.1, 0.15) is 29.5 Å². The van der Waals surface area contributed by atoms with Crippen LogP contribution >= 0.6 is 0 Å². The van der Waals surface area contributed by atoms with Crippen LogP contribution in [0.1, 0.15) is 52.9 Å². The van der Waals surface area contributed by atoms with Gasteiger partial charge in [-0.25, -0.2) is 23.4 Å². The Labute approximate surface area is 179 Å². The fourth-order valence-electron chi connectivity index (χ4n) is 3.29. The number of anilines is 1. The van der Waals surface area contributed by atoms with Gasteiger partial charge in [0.05, 0.1) is 11.0 Å². The molecule has 0 saturated heterocycles. The number of aromatic nitrogens is 4. The summed E-state index contributed by atoms with van der Waals surface area (Å²) in [7, 11) is 0. The Kier molecular flexibility index (Phi) is 5.64. The van der Waals surface area contributed by atoms with Gasteiger partial charge in [-0.2, -0.15) is 5.10 Å². The van der Waals surface area contributed by atoms with E-state index in [1.54, 1.807) is 20.8 Å². The predicted molar refractivity (Wildman–Crippen MR) is 116 cm³/mol. The highest BCUT2D eigenvalue weighted by atomic mass is 19.1. The van der Waals surface area contributed by atoms with Gasteiger partial charge in [0.15, 0.2) is 0 Å². The van der Waals surface area contributed by atoms with Gasteiger partial charge in [-0.3, -0.25) is 4.79 Å². The molecule has 3 rings (SSSR count). The SMILES string of the molecule is CC(C)(C)Cc1cc(F)cc2c1nc(Cn1nccc(N)c1=O)n2C(=O)OC(C)(C)C. The van der Waals surface area contributed by atoms with Gasteiger partial charge >= 0.3 is 6.09 Å². The first-order valence-corrected chi connectivity index (χ1v) is 10.00. The maximum Gasteiger partial charge on any atom is 0.420 e. The number of benzene rings is 1. The first-order valence-electron chi connectivity index (χ1n) is 10.00. The number of imidazole rings is 1. The lowest BCUT2D eigenvalue weighted by Gasteiger charge is -2.21. The Bertz CT molecular complexity index is 1200. The van der Waals surface area contributed by atoms with E-state index in [9.17, 15) is 14.0 Å². The molecule has 166 valence electrons. The Balaban J connectivity index is 2.25. The summed E-state index contributed by atoms with van der Waals surface area (Å²) >= 11 is 0. The number of nitrogens with zero attached hydrogens (tertiary/aromatic N) is 4. The molecule has 1 aromatic carbocycles. The number of fused-ring (bicyclic) bond motifs is 1. The van der Waals surface area contributed by atoms with Gasteiger partial charge in [-0.05, 0) is 50.3 Å². The second kappa shape index (κ2) is 7.79. The molecule has 2 aromatic heterocycles. The summed E-state index contributed by atoms with van der Waals surface area (Å²) in [5.41, 5.74) is 5.73. The number of nitrogen functional groups attached to an aromatic ring is 1. The highest BCUT2D eigenvalue weighted by Gasteiger charge is 2.26. The lowest BCUT2D eigenvalue weighted by molar-refractivity contribution is 0.0538. The number of rotatable bonds is 3. The van der Waals surface area contributed by atoms with Crippen molar-refractivity contribution in [3.63, 3.8) is 0 Å². The van der Waals surface area contributed by atoms with Crippen molar-refractivity contribution in [2.24, 2.45) is 5.41 Å². The quantitative estimate of drug-likeness (QED) is 0.680. The van der Waals surface area contributed by atoms with Crippen molar-refractivity contribution < 1.29 is 13.9 Å². The van der Waals surface area contributed by atoms with E-state index < -0.39 is 23.1 Å². The van der Waals surface area contributed by atoms with E-state index >= 15 is 0 Å². The fraction of sp³-hybridized carbons (Fsp3) is 0.455. The first-order chi connectivity index (χ1) is 14.2. The van der Waals surface area contributed by atoms with E-state index in [1.165, 1.54) is 29.0 Å². The lowest BCUT2D eigenvalue weighted by atomic mass is 9.87. The molecule has 0 radical (unpaired) electrons. The van der Waals surface area contributed by atoms with Crippen LogP contribution in [-0.4, -0.2) is 31.0 Å². The van der Waals surface area contributed by atoms with Gasteiger partial charge in [-0.15, -0.1) is 0 Å². The summed E-state index contributed by atoms with van der Waals surface area (Å²) in [5.74, 6) is -0.285. The maximum absolute atomic E-state index is 14.5. The van der Waals surface area contributed by atoms with Crippen LogP contribution < -0.4 is 11.3 Å². The zero-order valence-electron chi connectivity index (χ0n) is 18.7. The number of carbonyl (C=O) groups excluding carboxylic acids is 1. The third kappa shape index (κ3) is 5.10. The van der Waals surface area contributed by atoms with Crippen molar-refractivity contribution in [3.8, 4) is 0 Å². The normalized spacial score (nSPS) is 12.4. The van der Waals surface area contributed by atoms with Crippen LogP contribution in [0.2, 0.25) is 0 Å². The van der Waals surface area contributed by atoms with Crippen molar-refractivity contribution in [3.05, 3.63) is 52.0 Å². The van der Waals surface area contributed by atoms with Crippen molar-refractivity contribution >= 4 is 22.8 Å². The molecular weight excluding hydrogens is 401 g/mol. The van der Waals surface area contributed by atoms with Crippen molar-refractivity contribution in [2.45, 2.75) is 60.1 Å². The lowest BCUT2D eigenvalue weighted by Crippen LogP contribution is -2.30. The van der Waals surface area contributed by atoms with Gasteiger partial charge in [0.2, 0.25) is 0 Å². The average Bonchev–Trinajstić information content (AvgIpc) is 2.94. The van der Waals surface area contributed by atoms with E-state index in [-0.39, 0.29) is 29.0 Å². The molecule has 0 amide bonds. The number of carbonyl (C=O) groups is 1. The molecule has 2 heterocycles. The summed E-state index contributed by atoms with van der Waals surface area (Å²) in [6.45, 7) is 11.2. The van der Waals surface area contributed by atoms with Crippen LogP contribution in [0.4, 0.5) is 14.9 Å². The zero-order chi connectivity index (χ0) is 23.1. The molecule has 3 aromatic rings. The van der Waals surface area contributed by atoms with Crippen LogP contribution in [-0.2, 0) is 17.7 Å². The molecule has 0 bridgehead atoms. The van der Waals surface area contributed by atoms with E-state index in [1.807, 2.05) is 20.8 Å². The molecule has 9 heteroatoms. The highest BCUT2D eigenvalue weighted by Crippen LogP contribution is 2.29. The van der Waals surface area contributed by atoms with Crippen LogP contribution in [0.25, 0.3) is 11.0 Å². The molecular formula is C22H28FN5O3. The number of nitrogens with two attached hydrogens (primary N) is 1. The third-order valence-electron chi connectivity index (χ3n) is 4.40. The third-order valence-corrected chi connectivity index (χ3v) is 4.40. The standard InChI is InChI=1S/C22H28FN5O3/c1-21(2,3)11-13-9-14(23)10-16-18(13)26-17(28(16)20(30)31-22(4,5)6)12-27-19(29)15(24)7-8-25-27/h7-10H,11-12,24H2,1-6H3. The summed E-state index contributed by atoms with van der Waals surface area (Å²) in [6.07, 6.45) is 1.22. The Morgan fingerprint density at radius 1 is 1.19 bits per heavy atom. The largest absolute Gasteiger partial charge is 0.443 e. The number of ether oxygens (including phenoxy) is 1. The molecule has 31 heavy (non-hydrogen) atoms. The molecule has 0 aliphatic carbocycles. The average molecular weight is 429 g/mol. The molecule has 0 aliphatic heterocycles. The van der Waals surface area contributed by atoms with E-state index in [2.05, 4.69) is 10.1 Å². The van der Waals surface area contributed by atoms with E-state index in [0.29, 0.717) is 17.5 Å². The Morgan fingerprint density at radius 2 is 1.87 bits per heavy atom. The monoisotopic (exact) mass is 429 g/mol. The minimum Gasteiger partial charge on any atom is -0.443 e. The molecule has 0 saturated carbocycles. The molecule has 0 atom stereocenters. The van der Waals surface area contributed by atoms with Gasteiger partial charge in [0.25, 0.3) is 5.56 Å². The topological polar surface area (TPSA) is 105 Å². The number of hydrogen-bond donors (Lipinski definition) is 1. The molecule has 8 nitrogen and oxygen atoms in total. The second-order valence-corrected chi connectivity index (χ2v) is 9.76. The van der Waals surface area contributed by atoms with Crippen LogP contribution in [0.3, 0.4) is 0 Å². The second-order valence-electron chi connectivity index (χ2n) is 9.76. The Morgan fingerprint density at radius 3 is 2.48 bits per heavy atom. The summed E-state index contributed by atoms with van der Waals surface area (Å²) in [4.78, 5) is 30.0. The van der Waals surface area contributed by atoms with Crippen LogP contribution in [0, 0.1) is 11.2 Å². The van der Waals surface area contributed by atoms with Gasteiger partial charge in [-0.1, -0.05) is 20.8 Å². The summed E-state index contributed by atoms with van der Waals surface area (Å²) < 4.78 is 22.4. The molecule has 0 aliphatic rings. The van der Waals surface area contributed by atoms with Crippen LogP contribution in [0.5, 0.6) is 0 Å². The number of halogens is 1. The zero-order valence-corrected chi connectivity index (χ0v) is 18.7. The van der Waals surface area contributed by atoms with Crippen LogP contribution in [0.15, 0.2) is 29.2 Å². The minimum absolute atomic E-state index is 0.0226. The van der Waals surface area contributed by atoms with Crippen molar-refractivity contribution in [1.29, 1.82) is 0 Å². The minimum atomic E-state index is -0.779. The molecule has 0 fully saturated rings. The van der Waals surface area contributed by atoms with E-state index in [4.69, 9.17) is 10.5 Å². The molecule has 2 N–H and O–H groups in total. The van der Waals surface area contributed by atoms with Gasteiger partial charge < -0.3 is 10.5 Å². The molecule has 0 unspecified atom stereocenters. The summed E-state index contributed by atoms with van der Waals surface area (Å²) in [6, 6.07) is 4.07.